The Kier molecular flexibility index (Phi) is 10.7. The predicted octanol–water partition coefficient (Wildman–Crippen LogP) is 5.76. The van der Waals surface area contributed by atoms with Crippen molar-refractivity contribution in [2.24, 2.45) is 0 Å². The molecule has 220 valence electrons. The number of nitrogens with one attached hydrogen (secondary N) is 1. The van der Waals surface area contributed by atoms with Crippen LogP contribution in [0.25, 0.3) is 0 Å². The maximum Gasteiger partial charge on any atom is 0.264 e. The average molecular weight is 621 g/mol. The van der Waals surface area contributed by atoms with Crippen molar-refractivity contribution >= 4 is 50.7 Å². The summed E-state index contributed by atoms with van der Waals surface area (Å²) in [5.41, 5.74) is 2.28. The van der Waals surface area contributed by atoms with Gasteiger partial charge >= 0.3 is 0 Å². The van der Waals surface area contributed by atoms with E-state index in [0.717, 1.165) is 15.4 Å². The third-order valence-corrected chi connectivity index (χ3v) is 8.96. The Morgan fingerprint density at radius 2 is 1.51 bits per heavy atom. The van der Waals surface area contributed by atoms with E-state index in [2.05, 4.69) is 5.32 Å². The molecule has 0 unspecified atom stereocenters. The molecule has 0 bridgehead atoms. The number of anilines is 1. The Balaban J connectivity index is 2.14. The minimum absolute atomic E-state index is 0.00533. The Bertz CT molecular complexity index is 1490. The molecular weight excluding hydrogens is 585 g/mol. The SMILES string of the molecule is COc1ccc(C)cc1N(CC(=O)N(Cc1c(Cl)cccc1Cl)[C@H](C)C(=O)NC(C)C)S(=O)(=O)c1ccc(C)cc1. The van der Waals surface area contributed by atoms with Crippen molar-refractivity contribution in [3.63, 3.8) is 0 Å². The number of amides is 2. The number of hydrogen-bond acceptors (Lipinski definition) is 5. The summed E-state index contributed by atoms with van der Waals surface area (Å²) < 4.78 is 34.7. The number of halogens is 2. The van der Waals surface area contributed by atoms with Gasteiger partial charge in [-0.05, 0) is 76.6 Å². The first-order valence-corrected chi connectivity index (χ1v) is 15.2. The molecule has 3 rings (SSSR count). The molecule has 0 saturated carbocycles. The highest BCUT2D eigenvalue weighted by Crippen LogP contribution is 2.34. The van der Waals surface area contributed by atoms with Crippen LogP contribution in [0.5, 0.6) is 5.75 Å². The molecule has 0 fully saturated rings. The van der Waals surface area contributed by atoms with E-state index in [1.807, 2.05) is 27.7 Å². The first-order valence-electron chi connectivity index (χ1n) is 13.0. The molecule has 3 aromatic carbocycles. The van der Waals surface area contributed by atoms with Crippen molar-refractivity contribution < 1.29 is 22.7 Å². The minimum atomic E-state index is -4.25. The Hall–Kier alpha value is -3.27. The fourth-order valence-electron chi connectivity index (χ4n) is 4.19. The van der Waals surface area contributed by atoms with E-state index in [9.17, 15) is 18.0 Å². The standard InChI is InChI=1S/C30H35Cl2N3O5S/c1-19(2)33-30(37)22(5)34(17-24-25(31)8-7-9-26(24)32)29(36)18-35(27-16-21(4)12-15-28(27)40-6)41(38,39)23-13-10-20(3)11-14-23/h7-16,19,22H,17-18H2,1-6H3,(H,33,37)/t22-/m1/s1. The van der Waals surface area contributed by atoms with Crippen molar-refractivity contribution in [3.8, 4) is 5.75 Å². The van der Waals surface area contributed by atoms with E-state index in [0.29, 0.717) is 15.6 Å². The zero-order chi connectivity index (χ0) is 30.5. The van der Waals surface area contributed by atoms with Crippen LogP contribution in [0.2, 0.25) is 10.0 Å². The predicted molar refractivity (Wildman–Crippen MR) is 163 cm³/mol. The minimum Gasteiger partial charge on any atom is -0.495 e. The van der Waals surface area contributed by atoms with Crippen LogP contribution in [0.4, 0.5) is 5.69 Å². The summed E-state index contributed by atoms with van der Waals surface area (Å²) in [5.74, 6) is -0.769. The average Bonchev–Trinajstić information content (AvgIpc) is 2.91. The Labute approximate surface area is 252 Å². The van der Waals surface area contributed by atoms with Gasteiger partial charge in [-0.15, -0.1) is 0 Å². The maximum atomic E-state index is 14.1. The van der Waals surface area contributed by atoms with Gasteiger partial charge in [0.15, 0.2) is 0 Å². The number of aryl methyl sites for hydroxylation is 2. The zero-order valence-electron chi connectivity index (χ0n) is 23.9. The second-order valence-corrected chi connectivity index (χ2v) is 12.7. The molecule has 0 aliphatic carbocycles. The lowest BCUT2D eigenvalue weighted by Gasteiger charge is -2.33. The molecule has 41 heavy (non-hydrogen) atoms. The highest BCUT2D eigenvalue weighted by molar-refractivity contribution is 7.92. The summed E-state index contributed by atoms with van der Waals surface area (Å²) in [4.78, 5) is 28.5. The van der Waals surface area contributed by atoms with Gasteiger partial charge in [0.05, 0.1) is 17.7 Å². The molecule has 0 saturated heterocycles. The highest BCUT2D eigenvalue weighted by Gasteiger charge is 2.34. The van der Waals surface area contributed by atoms with E-state index in [-0.39, 0.29) is 28.9 Å². The first-order chi connectivity index (χ1) is 19.3. The van der Waals surface area contributed by atoms with Crippen molar-refractivity contribution in [2.45, 2.75) is 58.1 Å². The number of nitrogens with zero attached hydrogens (tertiary/aromatic N) is 2. The molecule has 8 nitrogen and oxygen atoms in total. The Morgan fingerprint density at radius 1 is 0.927 bits per heavy atom. The lowest BCUT2D eigenvalue weighted by Crippen LogP contribution is -2.52. The van der Waals surface area contributed by atoms with E-state index >= 15 is 0 Å². The number of carbonyl (C=O) groups is 2. The normalized spacial score (nSPS) is 12.1. The van der Waals surface area contributed by atoms with Crippen molar-refractivity contribution in [1.82, 2.24) is 10.2 Å². The molecule has 1 N–H and O–H groups in total. The van der Waals surface area contributed by atoms with Gasteiger partial charge < -0.3 is 15.0 Å². The summed E-state index contributed by atoms with van der Waals surface area (Å²) in [6.07, 6.45) is 0. The molecule has 0 aromatic heterocycles. The number of methoxy groups -OCH3 is 1. The molecule has 0 radical (unpaired) electrons. The fraction of sp³-hybridized carbons (Fsp3) is 0.333. The second kappa shape index (κ2) is 13.6. The van der Waals surface area contributed by atoms with Crippen LogP contribution in [0, 0.1) is 13.8 Å². The largest absolute Gasteiger partial charge is 0.495 e. The molecule has 0 aliphatic heterocycles. The van der Waals surface area contributed by atoms with Crippen LogP contribution in [0.1, 0.15) is 37.5 Å². The van der Waals surface area contributed by atoms with E-state index in [1.54, 1.807) is 55.5 Å². The number of sulfonamides is 1. The molecule has 0 heterocycles. The van der Waals surface area contributed by atoms with E-state index in [4.69, 9.17) is 27.9 Å². The van der Waals surface area contributed by atoms with Gasteiger partial charge in [-0.25, -0.2) is 8.42 Å². The monoisotopic (exact) mass is 619 g/mol. The lowest BCUT2D eigenvalue weighted by molar-refractivity contribution is -0.139. The summed E-state index contributed by atoms with van der Waals surface area (Å²) >= 11 is 12.9. The van der Waals surface area contributed by atoms with Crippen LogP contribution in [0.3, 0.4) is 0 Å². The number of benzene rings is 3. The van der Waals surface area contributed by atoms with Gasteiger partial charge in [0.25, 0.3) is 10.0 Å². The topological polar surface area (TPSA) is 96.0 Å². The maximum absolute atomic E-state index is 14.1. The second-order valence-electron chi connectivity index (χ2n) is 10.1. The van der Waals surface area contributed by atoms with Crippen molar-refractivity contribution in [2.75, 3.05) is 18.0 Å². The van der Waals surface area contributed by atoms with Gasteiger partial charge in [0, 0.05) is 28.2 Å². The lowest BCUT2D eigenvalue weighted by atomic mass is 10.1. The van der Waals surface area contributed by atoms with E-state index in [1.165, 1.54) is 24.1 Å². The summed E-state index contributed by atoms with van der Waals surface area (Å²) in [7, 11) is -2.82. The van der Waals surface area contributed by atoms with Crippen LogP contribution in [0.15, 0.2) is 65.6 Å². The van der Waals surface area contributed by atoms with Gasteiger partial charge in [-0.3, -0.25) is 13.9 Å². The molecule has 2 amide bonds. The van der Waals surface area contributed by atoms with Gasteiger partial charge in [-0.2, -0.15) is 0 Å². The zero-order valence-corrected chi connectivity index (χ0v) is 26.3. The molecular formula is C30H35Cl2N3O5S. The third kappa shape index (κ3) is 7.72. The number of ether oxygens (including phenoxy) is 1. The number of rotatable bonds is 11. The molecule has 0 aliphatic rings. The molecule has 0 spiro atoms. The van der Waals surface area contributed by atoms with Crippen LogP contribution >= 0.6 is 23.2 Å². The van der Waals surface area contributed by atoms with Gasteiger partial charge in [0.2, 0.25) is 11.8 Å². The summed E-state index contributed by atoms with van der Waals surface area (Å²) in [6.45, 7) is 8.12. The van der Waals surface area contributed by atoms with Crippen molar-refractivity contribution in [3.05, 3.63) is 87.4 Å². The Morgan fingerprint density at radius 3 is 2.07 bits per heavy atom. The first kappa shape index (κ1) is 32.2. The van der Waals surface area contributed by atoms with E-state index < -0.39 is 34.4 Å². The molecule has 1 atom stereocenters. The van der Waals surface area contributed by atoms with Gasteiger partial charge in [0.1, 0.15) is 18.3 Å². The molecule has 3 aromatic rings. The highest BCUT2D eigenvalue weighted by atomic mass is 35.5. The van der Waals surface area contributed by atoms with Crippen LogP contribution in [-0.4, -0.2) is 50.9 Å². The number of hydrogen-bond donors (Lipinski definition) is 1. The summed E-state index contributed by atoms with van der Waals surface area (Å²) in [6, 6.07) is 15.2. The smallest absolute Gasteiger partial charge is 0.264 e. The van der Waals surface area contributed by atoms with Crippen LogP contribution in [-0.2, 0) is 26.2 Å². The summed E-state index contributed by atoms with van der Waals surface area (Å²) in [5, 5.41) is 3.45. The fourth-order valence-corrected chi connectivity index (χ4v) is 6.12. The van der Waals surface area contributed by atoms with Gasteiger partial charge in [-0.1, -0.05) is 53.0 Å². The third-order valence-electron chi connectivity index (χ3n) is 6.48. The quantitative estimate of drug-likeness (QED) is 0.294. The molecule has 11 heteroatoms. The van der Waals surface area contributed by atoms with Crippen LogP contribution < -0.4 is 14.4 Å². The van der Waals surface area contributed by atoms with Crippen molar-refractivity contribution in [1.29, 1.82) is 0 Å². The number of carbonyl (C=O) groups excluding carboxylic acids is 2.